The lowest BCUT2D eigenvalue weighted by Gasteiger charge is -2.21. The molecule has 0 aliphatic heterocycles. The van der Waals surface area contributed by atoms with Gasteiger partial charge in [0.2, 0.25) is 5.91 Å². The van der Waals surface area contributed by atoms with Crippen molar-refractivity contribution in [1.82, 2.24) is 5.32 Å². The molecule has 0 bridgehead atoms. The van der Waals surface area contributed by atoms with E-state index in [9.17, 15) is 14.4 Å². The monoisotopic (exact) mass is 409 g/mol. The van der Waals surface area contributed by atoms with Crippen LogP contribution in [0, 0.1) is 5.92 Å². The van der Waals surface area contributed by atoms with E-state index in [1.54, 1.807) is 13.8 Å². The van der Waals surface area contributed by atoms with Gasteiger partial charge in [0.15, 0.2) is 0 Å². The Labute approximate surface area is 176 Å². The minimum absolute atomic E-state index is 0.294. The molecule has 0 aliphatic carbocycles. The van der Waals surface area contributed by atoms with Crippen LogP contribution in [0.5, 0.6) is 0 Å². The van der Waals surface area contributed by atoms with Crippen LogP contribution in [-0.2, 0) is 25.5 Å². The van der Waals surface area contributed by atoms with Crippen molar-refractivity contribution in [1.29, 1.82) is 0 Å². The number of carboxylic acids is 1. The molecule has 0 fully saturated rings. The summed E-state index contributed by atoms with van der Waals surface area (Å²) in [6, 6.07) is 17.7. The van der Waals surface area contributed by atoms with E-state index >= 15 is 0 Å². The lowest BCUT2D eigenvalue weighted by atomic mass is 9.95. The summed E-state index contributed by atoms with van der Waals surface area (Å²) in [5.74, 6) is -2.43. The Morgan fingerprint density at radius 2 is 1.63 bits per heavy atom. The maximum Gasteiger partial charge on any atom is 0.328 e. The second kappa shape index (κ2) is 11.6. The van der Waals surface area contributed by atoms with Crippen LogP contribution in [0.3, 0.4) is 0 Å². The van der Waals surface area contributed by atoms with Crippen molar-refractivity contribution in [2.75, 3.05) is 6.61 Å². The van der Waals surface area contributed by atoms with Crippen LogP contribution in [0.2, 0.25) is 0 Å². The van der Waals surface area contributed by atoms with E-state index in [0.29, 0.717) is 19.4 Å². The van der Waals surface area contributed by atoms with Gasteiger partial charge in [-0.3, -0.25) is 9.59 Å². The van der Waals surface area contributed by atoms with Gasteiger partial charge in [-0.1, -0.05) is 61.5 Å². The summed E-state index contributed by atoms with van der Waals surface area (Å²) < 4.78 is 5.06. The Hall–Kier alpha value is -3.41. The van der Waals surface area contributed by atoms with E-state index in [1.165, 1.54) is 0 Å². The highest BCUT2D eigenvalue weighted by Gasteiger charge is 2.21. The predicted molar refractivity (Wildman–Crippen MR) is 115 cm³/mol. The zero-order valence-corrected chi connectivity index (χ0v) is 17.2. The Balaban J connectivity index is 2.11. The molecular formula is C24H27NO5. The van der Waals surface area contributed by atoms with Crippen LogP contribution in [0.4, 0.5) is 0 Å². The first kappa shape index (κ1) is 22.9. The molecule has 2 rings (SSSR count). The molecule has 0 radical (unpaired) electrons. The van der Waals surface area contributed by atoms with E-state index in [-0.39, 0.29) is 12.0 Å². The van der Waals surface area contributed by atoms with Crippen molar-refractivity contribution >= 4 is 17.8 Å². The van der Waals surface area contributed by atoms with Crippen LogP contribution < -0.4 is 5.32 Å². The molecule has 0 aliphatic rings. The molecule has 0 saturated heterocycles. The van der Waals surface area contributed by atoms with Gasteiger partial charge in [-0.2, -0.15) is 0 Å². The number of carbonyl (C=O) groups excluding carboxylic acids is 2. The smallest absolute Gasteiger partial charge is 0.328 e. The second-order valence-electron chi connectivity index (χ2n) is 7.03. The zero-order chi connectivity index (χ0) is 21.9. The van der Waals surface area contributed by atoms with Crippen molar-refractivity contribution in [2.45, 2.75) is 32.7 Å². The van der Waals surface area contributed by atoms with Crippen molar-refractivity contribution in [3.8, 4) is 11.1 Å². The van der Waals surface area contributed by atoms with Crippen molar-refractivity contribution < 1.29 is 24.2 Å². The first-order chi connectivity index (χ1) is 14.4. The molecule has 0 spiro atoms. The number of carboxylic acid groups (broad SMARTS) is 1. The fraction of sp³-hybridized carbons (Fsp3) is 0.292. The van der Waals surface area contributed by atoms with Crippen molar-refractivity contribution in [3.63, 3.8) is 0 Å². The average molecular weight is 409 g/mol. The number of aliphatic carboxylic acids is 1. The van der Waals surface area contributed by atoms with Crippen molar-refractivity contribution in [3.05, 3.63) is 72.3 Å². The van der Waals surface area contributed by atoms with Gasteiger partial charge in [-0.25, -0.2) is 4.79 Å². The number of esters is 1. The molecule has 2 N–H and O–H groups in total. The van der Waals surface area contributed by atoms with E-state index in [1.807, 2.05) is 54.6 Å². The summed E-state index contributed by atoms with van der Waals surface area (Å²) in [6.07, 6.45) is 2.65. The van der Waals surface area contributed by atoms with Crippen molar-refractivity contribution in [2.24, 2.45) is 5.92 Å². The molecule has 6 nitrogen and oxygen atoms in total. The van der Waals surface area contributed by atoms with Crippen LogP contribution in [0.15, 0.2) is 66.7 Å². The highest BCUT2D eigenvalue weighted by atomic mass is 16.5. The lowest BCUT2D eigenvalue weighted by Crippen LogP contribution is -2.38. The lowest BCUT2D eigenvalue weighted by molar-refractivity contribution is -0.148. The van der Waals surface area contributed by atoms with Gasteiger partial charge in [-0.05, 0) is 36.5 Å². The predicted octanol–water partition coefficient (Wildman–Crippen LogP) is 3.61. The highest BCUT2D eigenvalue weighted by Crippen LogP contribution is 2.21. The summed E-state index contributed by atoms with van der Waals surface area (Å²) in [5, 5.41) is 11.5. The third kappa shape index (κ3) is 7.54. The Morgan fingerprint density at radius 1 is 1.00 bits per heavy atom. The first-order valence-electron chi connectivity index (χ1n) is 9.91. The molecule has 0 unspecified atom stereocenters. The SMILES string of the molecule is CCOC(=O)[C@H](C)C[C@@H](Cc1ccc(-c2ccccc2)cc1)NC(=O)/C=C/C(=O)O. The number of ether oxygens (including phenoxy) is 1. The molecule has 2 aromatic carbocycles. The Kier molecular flexibility index (Phi) is 8.81. The maximum atomic E-state index is 12.1. The molecule has 158 valence electrons. The van der Waals surface area contributed by atoms with E-state index in [4.69, 9.17) is 9.84 Å². The fourth-order valence-electron chi connectivity index (χ4n) is 3.15. The first-order valence-corrected chi connectivity index (χ1v) is 9.91. The van der Waals surface area contributed by atoms with Crippen LogP contribution in [0.1, 0.15) is 25.8 Å². The normalized spacial score (nSPS) is 12.9. The molecule has 1 amide bonds. The van der Waals surface area contributed by atoms with E-state index in [2.05, 4.69) is 5.32 Å². The number of nitrogens with one attached hydrogen (secondary N) is 1. The third-order valence-electron chi connectivity index (χ3n) is 4.59. The molecule has 2 atom stereocenters. The number of rotatable bonds is 10. The van der Waals surface area contributed by atoms with Gasteiger partial charge in [-0.15, -0.1) is 0 Å². The molecule has 0 aromatic heterocycles. The number of hydrogen-bond donors (Lipinski definition) is 2. The number of benzene rings is 2. The molecule has 6 heteroatoms. The number of carbonyl (C=O) groups is 3. The zero-order valence-electron chi connectivity index (χ0n) is 17.2. The Morgan fingerprint density at radius 3 is 2.23 bits per heavy atom. The van der Waals surface area contributed by atoms with Gasteiger partial charge in [0.05, 0.1) is 12.5 Å². The minimum Gasteiger partial charge on any atom is -0.478 e. The van der Waals surface area contributed by atoms with Crippen LogP contribution in [-0.4, -0.2) is 35.6 Å². The van der Waals surface area contributed by atoms with E-state index < -0.39 is 17.8 Å². The topological polar surface area (TPSA) is 92.7 Å². The van der Waals surface area contributed by atoms with Crippen LogP contribution in [0.25, 0.3) is 11.1 Å². The van der Waals surface area contributed by atoms with Gasteiger partial charge < -0.3 is 15.2 Å². The summed E-state index contributed by atoms with van der Waals surface area (Å²) in [6.45, 7) is 3.79. The standard InChI is InChI=1S/C24H27NO5/c1-3-30-24(29)17(2)15-21(25-22(26)13-14-23(27)28)16-18-9-11-20(12-10-18)19-7-5-4-6-8-19/h4-14,17,21H,3,15-16H2,1-2H3,(H,25,26)(H,27,28)/b14-13+/t17-,21+/m1/s1. The fourth-order valence-corrected chi connectivity index (χ4v) is 3.15. The summed E-state index contributed by atoms with van der Waals surface area (Å²) in [5.41, 5.74) is 3.20. The number of hydrogen-bond acceptors (Lipinski definition) is 4. The minimum atomic E-state index is -1.20. The van der Waals surface area contributed by atoms with E-state index in [0.717, 1.165) is 28.8 Å². The molecule has 30 heavy (non-hydrogen) atoms. The van der Waals surface area contributed by atoms with Gasteiger partial charge in [0.1, 0.15) is 0 Å². The second-order valence-corrected chi connectivity index (χ2v) is 7.03. The molecular weight excluding hydrogens is 382 g/mol. The van der Waals surface area contributed by atoms with Gasteiger partial charge in [0, 0.05) is 18.2 Å². The van der Waals surface area contributed by atoms with Crippen LogP contribution >= 0.6 is 0 Å². The highest BCUT2D eigenvalue weighted by molar-refractivity contribution is 5.94. The maximum absolute atomic E-state index is 12.1. The molecule has 0 heterocycles. The summed E-state index contributed by atoms with van der Waals surface area (Å²) >= 11 is 0. The third-order valence-corrected chi connectivity index (χ3v) is 4.59. The van der Waals surface area contributed by atoms with Gasteiger partial charge in [0.25, 0.3) is 0 Å². The molecule has 0 saturated carbocycles. The summed E-state index contributed by atoms with van der Waals surface area (Å²) in [4.78, 5) is 34.7. The Bertz CT molecular complexity index is 874. The quantitative estimate of drug-likeness (QED) is 0.462. The largest absolute Gasteiger partial charge is 0.478 e. The number of amides is 1. The van der Waals surface area contributed by atoms with Gasteiger partial charge >= 0.3 is 11.9 Å². The summed E-state index contributed by atoms with van der Waals surface area (Å²) in [7, 11) is 0. The average Bonchev–Trinajstić information content (AvgIpc) is 2.73. The molecule has 2 aromatic rings.